The van der Waals surface area contributed by atoms with E-state index in [2.05, 4.69) is 5.32 Å². The summed E-state index contributed by atoms with van der Waals surface area (Å²) in [6.45, 7) is 2.59. The highest BCUT2D eigenvalue weighted by Gasteiger charge is 2.08. The zero-order valence-electron chi connectivity index (χ0n) is 9.69. The third-order valence-electron chi connectivity index (χ3n) is 2.31. The average molecular weight is 222 g/mol. The van der Waals surface area contributed by atoms with Crippen LogP contribution in [0.2, 0.25) is 0 Å². The summed E-state index contributed by atoms with van der Waals surface area (Å²) in [5.74, 6) is -0.0800. The number of nitrogens with two attached hydrogens (primary N) is 1. The Morgan fingerprint density at radius 3 is 2.62 bits per heavy atom. The maximum Gasteiger partial charge on any atom is 0.251 e. The second kappa shape index (κ2) is 6.12. The Morgan fingerprint density at radius 1 is 1.44 bits per heavy atom. The van der Waals surface area contributed by atoms with Crippen LogP contribution in [-0.2, 0) is 4.74 Å². The number of nitrogens with one attached hydrogen (secondary N) is 1. The highest BCUT2D eigenvalue weighted by Crippen LogP contribution is 2.05. The van der Waals surface area contributed by atoms with Gasteiger partial charge in [-0.25, -0.2) is 0 Å². The zero-order chi connectivity index (χ0) is 12.0. The van der Waals surface area contributed by atoms with E-state index in [-0.39, 0.29) is 11.9 Å². The smallest absolute Gasteiger partial charge is 0.251 e. The topological polar surface area (TPSA) is 64.3 Å². The van der Waals surface area contributed by atoms with Gasteiger partial charge in [0.2, 0.25) is 0 Å². The Kier molecular flexibility index (Phi) is 4.79. The van der Waals surface area contributed by atoms with Gasteiger partial charge in [-0.15, -0.1) is 0 Å². The van der Waals surface area contributed by atoms with Crippen molar-refractivity contribution in [3.63, 3.8) is 0 Å². The van der Waals surface area contributed by atoms with Gasteiger partial charge in [-0.2, -0.15) is 0 Å². The van der Waals surface area contributed by atoms with Crippen LogP contribution in [0.25, 0.3) is 0 Å². The molecule has 0 spiro atoms. The number of amides is 1. The molecule has 0 aliphatic rings. The minimum Gasteiger partial charge on any atom is -0.399 e. The minimum absolute atomic E-state index is 0.0800. The molecule has 1 rings (SSSR count). The van der Waals surface area contributed by atoms with Crippen LogP contribution in [0.1, 0.15) is 23.7 Å². The number of methoxy groups -OCH3 is 1. The Bertz CT molecular complexity index is 335. The molecular formula is C12H18N2O2. The van der Waals surface area contributed by atoms with Crippen molar-refractivity contribution in [2.75, 3.05) is 19.5 Å². The van der Waals surface area contributed by atoms with Gasteiger partial charge in [0.15, 0.2) is 0 Å². The van der Waals surface area contributed by atoms with Crippen LogP contribution < -0.4 is 11.1 Å². The molecule has 0 aromatic heterocycles. The van der Waals surface area contributed by atoms with Crippen LogP contribution in [0.3, 0.4) is 0 Å². The lowest BCUT2D eigenvalue weighted by atomic mass is 10.1. The van der Waals surface area contributed by atoms with Gasteiger partial charge >= 0.3 is 0 Å². The van der Waals surface area contributed by atoms with Crippen LogP contribution in [-0.4, -0.2) is 25.7 Å². The lowest BCUT2D eigenvalue weighted by Crippen LogP contribution is -2.33. The molecule has 4 heteroatoms. The van der Waals surface area contributed by atoms with E-state index in [0.717, 1.165) is 6.42 Å². The Morgan fingerprint density at radius 2 is 2.06 bits per heavy atom. The van der Waals surface area contributed by atoms with Crippen LogP contribution in [0.4, 0.5) is 5.69 Å². The van der Waals surface area contributed by atoms with Crippen LogP contribution >= 0.6 is 0 Å². The molecule has 1 atom stereocenters. The molecule has 88 valence electrons. The van der Waals surface area contributed by atoms with Gasteiger partial charge in [0.25, 0.3) is 5.91 Å². The van der Waals surface area contributed by atoms with Crippen molar-refractivity contribution in [3.8, 4) is 0 Å². The summed E-state index contributed by atoms with van der Waals surface area (Å²) in [7, 11) is 1.65. The molecule has 0 radical (unpaired) electrons. The van der Waals surface area contributed by atoms with Gasteiger partial charge in [-0.3, -0.25) is 4.79 Å². The maximum atomic E-state index is 11.7. The minimum atomic E-state index is -0.0800. The van der Waals surface area contributed by atoms with Crippen LogP contribution in [0.5, 0.6) is 0 Å². The first-order valence-electron chi connectivity index (χ1n) is 5.29. The van der Waals surface area contributed by atoms with Gasteiger partial charge in [0.05, 0.1) is 0 Å². The van der Waals surface area contributed by atoms with Crippen molar-refractivity contribution in [2.45, 2.75) is 19.4 Å². The molecule has 1 aromatic carbocycles. The molecule has 16 heavy (non-hydrogen) atoms. The molecule has 0 saturated heterocycles. The van der Waals surface area contributed by atoms with Gasteiger partial charge in [-0.05, 0) is 37.6 Å². The van der Waals surface area contributed by atoms with Gasteiger partial charge in [-0.1, -0.05) is 0 Å². The molecule has 0 aliphatic carbocycles. The summed E-state index contributed by atoms with van der Waals surface area (Å²) in [5, 5.41) is 2.89. The summed E-state index contributed by atoms with van der Waals surface area (Å²) < 4.78 is 4.95. The predicted octanol–water partition coefficient (Wildman–Crippen LogP) is 1.42. The summed E-state index contributed by atoms with van der Waals surface area (Å²) >= 11 is 0. The second-order valence-corrected chi connectivity index (χ2v) is 3.78. The summed E-state index contributed by atoms with van der Waals surface area (Å²) in [6.07, 6.45) is 0.803. The molecule has 0 fully saturated rings. The third kappa shape index (κ3) is 3.90. The molecule has 4 nitrogen and oxygen atoms in total. The monoisotopic (exact) mass is 222 g/mol. The number of carbonyl (C=O) groups excluding carboxylic acids is 1. The van der Waals surface area contributed by atoms with E-state index >= 15 is 0 Å². The maximum absolute atomic E-state index is 11.7. The molecule has 1 aromatic rings. The largest absolute Gasteiger partial charge is 0.399 e. The number of carbonyl (C=O) groups is 1. The normalized spacial score (nSPS) is 12.1. The fraction of sp³-hybridized carbons (Fsp3) is 0.417. The van der Waals surface area contributed by atoms with Crippen LogP contribution in [0, 0.1) is 0 Å². The van der Waals surface area contributed by atoms with E-state index in [4.69, 9.17) is 10.5 Å². The average Bonchev–Trinajstić information content (AvgIpc) is 2.27. The highest BCUT2D eigenvalue weighted by atomic mass is 16.5. The number of nitrogen functional groups attached to an aromatic ring is 1. The van der Waals surface area contributed by atoms with Gasteiger partial charge in [0.1, 0.15) is 0 Å². The number of anilines is 1. The van der Waals surface area contributed by atoms with Crippen molar-refractivity contribution in [1.29, 1.82) is 0 Å². The summed E-state index contributed by atoms with van der Waals surface area (Å²) in [4.78, 5) is 11.7. The molecule has 0 bridgehead atoms. The fourth-order valence-electron chi connectivity index (χ4n) is 1.31. The lowest BCUT2D eigenvalue weighted by molar-refractivity contribution is 0.0929. The third-order valence-corrected chi connectivity index (χ3v) is 2.31. The number of hydrogen-bond acceptors (Lipinski definition) is 3. The Balaban J connectivity index is 2.48. The highest BCUT2D eigenvalue weighted by molar-refractivity contribution is 5.94. The van der Waals surface area contributed by atoms with Crippen molar-refractivity contribution in [3.05, 3.63) is 29.8 Å². The van der Waals surface area contributed by atoms with E-state index in [1.165, 1.54) is 0 Å². The fourth-order valence-corrected chi connectivity index (χ4v) is 1.31. The first kappa shape index (κ1) is 12.5. The zero-order valence-corrected chi connectivity index (χ0v) is 9.69. The van der Waals surface area contributed by atoms with E-state index in [9.17, 15) is 4.79 Å². The van der Waals surface area contributed by atoms with Crippen molar-refractivity contribution < 1.29 is 9.53 Å². The Labute approximate surface area is 95.8 Å². The molecule has 1 unspecified atom stereocenters. The molecule has 0 aliphatic heterocycles. The second-order valence-electron chi connectivity index (χ2n) is 3.78. The molecule has 0 saturated carbocycles. The SMILES string of the molecule is COCCC(C)NC(=O)c1ccc(N)cc1. The quantitative estimate of drug-likeness (QED) is 0.741. The van der Waals surface area contributed by atoms with Crippen molar-refractivity contribution in [2.24, 2.45) is 0 Å². The van der Waals surface area contributed by atoms with Crippen molar-refractivity contribution in [1.82, 2.24) is 5.32 Å². The molecule has 0 heterocycles. The predicted molar refractivity (Wildman–Crippen MR) is 64.3 cm³/mol. The first-order chi connectivity index (χ1) is 7.63. The van der Waals surface area contributed by atoms with E-state index < -0.39 is 0 Å². The molecule has 1 amide bonds. The lowest BCUT2D eigenvalue weighted by Gasteiger charge is -2.13. The number of hydrogen-bond donors (Lipinski definition) is 2. The van der Waals surface area contributed by atoms with E-state index in [0.29, 0.717) is 17.9 Å². The summed E-state index contributed by atoms with van der Waals surface area (Å²) in [5.41, 5.74) is 6.83. The van der Waals surface area contributed by atoms with Crippen molar-refractivity contribution >= 4 is 11.6 Å². The Hall–Kier alpha value is -1.55. The number of benzene rings is 1. The number of rotatable bonds is 5. The van der Waals surface area contributed by atoms with Crippen LogP contribution in [0.15, 0.2) is 24.3 Å². The summed E-state index contributed by atoms with van der Waals surface area (Å²) in [6, 6.07) is 6.97. The standard InChI is InChI=1S/C12H18N2O2/c1-9(7-8-16-2)14-12(15)10-3-5-11(13)6-4-10/h3-6,9H,7-8,13H2,1-2H3,(H,14,15). The molecular weight excluding hydrogens is 204 g/mol. The van der Waals surface area contributed by atoms with E-state index in [1.54, 1.807) is 31.4 Å². The molecule has 3 N–H and O–H groups in total. The van der Waals surface area contributed by atoms with Gasteiger partial charge in [0, 0.05) is 31.0 Å². The first-order valence-corrected chi connectivity index (χ1v) is 5.29. The number of ether oxygens (including phenoxy) is 1. The van der Waals surface area contributed by atoms with Gasteiger partial charge < -0.3 is 15.8 Å². The van der Waals surface area contributed by atoms with E-state index in [1.807, 2.05) is 6.92 Å².